The second-order valence-electron chi connectivity index (χ2n) is 4.50. The van der Waals surface area contributed by atoms with Crippen molar-refractivity contribution in [3.8, 4) is 6.07 Å². The van der Waals surface area contributed by atoms with Crippen LogP contribution in [0.15, 0.2) is 0 Å². The maximum absolute atomic E-state index is 12.1. The van der Waals surface area contributed by atoms with Gasteiger partial charge in [0.1, 0.15) is 5.41 Å². The van der Waals surface area contributed by atoms with E-state index in [2.05, 4.69) is 11.4 Å². The second-order valence-corrected chi connectivity index (χ2v) is 4.50. The molecule has 4 nitrogen and oxygen atoms in total. The van der Waals surface area contributed by atoms with Gasteiger partial charge in [0.25, 0.3) is 0 Å². The van der Waals surface area contributed by atoms with Crippen LogP contribution in [0.25, 0.3) is 0 Å². The van der Waals surface area contributed by atoms with Gasteiger partial charge in [-0.1, -0.05) is 26.7 Å². The number of hydrogen-bond acceptors (Lipinski definition) is 3. The van der Waals surface area contributed by atoms with Crippen LogP contribution < -0.4 is 5.32 Å². The van der Waals surface area contributed by atoms with Gasteiger partial charge in [-0.05, 0) is 26.2 Å². The maximum Gasteiger partial charge on any atom is 0.240 e. The molecule has 0 aliphatic heterocycles. The molecule has 104 valence electrons. The van der Waals surface area contributed by atoms with Crippen LogP contribution in [0.3, 0.4) is 0 Å². The smallest absolute Gasteiger partial charge is 0.240 e. The molecular formula is C14H26N2O2. The van der Waals surface area contributed by atoms with E-state index in [0.29, 0.717) is 32.6 Å². The van der Waals surface area contributed by atoms with Crippen LogP contribution in [0.5, 0.6) is 0 Å². The monoisotopic (exact) mass is 254 g/mol. The van der Waals surface area contributed by atoms with E-state index in [9.17, 15) is 10.1 Å². The van der Waals surface area contributed by atoms with Crippen molar-refractivity contribution in [2.45, 2.75) is 52.9 Å². The Morgan fingerprint density at radius 2 is 1.89 bits per heavy atom. The summed E-state index contributed by atoms with van der Waals surface area (Å²) in [6.07, 6.45) is 3.75. The fourth-order valence-corrected chi connectivity index (χ4v) is 2.06. The average molecular weight is 254 g/mol. The lowest BCUT2D eigenvalue weighted by Gasteiger charge is -2.24. The predicted molar refractivity (Wildman–Crippen MR) is 72.0 cm³/mol. The Labute approximate surface area is 111 Å². The first kappa shape index (κ1) is 16.9. The lowest BCUT2D eigenvalue weighted by Crippen LogP contribution is -2.40. The molecular weight excluding hydrogens is 228 g/mol. The van der Waals surface area contributed by atoms with E-state index in [1.807, 2.05) is 20.8 Å². The Morgan fingerprint density at radius 1 is 1.28 bits per heavy atom. The van der Waals surface area contributed by atoms with Crippen molar-refractivity contribution in [3.63, 3.8) is 0 Å². The molecule has 0 rings (SSSR count). The Balaban J connectivity index is 4.26. The van der Waals surface area contributed by atoms with Gasteiger partial charge < -0.3 is 10.1 Å². The third-order valence-electron chi connectivity index (χ3n) is 2.96. The minimum atomic E-state index is -0.838. The number of amides is 1. The van der Waals surface area contributed by atoms with Crippen molar-refractivity contribution in [2.75, 3.05) is 19.8 Å². The predicted octanol–water partition coefficient (Wildman–Crippen LogP) is 2.64. The summed E-state index contributed by atoms with van der Waals surface area (Å²) in [4.78, 5) is 12.1. The summed E-state index contributed by atoms with van der Waals surface area (Å²) >= 11 is 0. The summed E-state index contributed by atoms with van der Waals surface area (Å²) in [5.41, 5.74) is -0.838. The number of carbonyl (C=O) groups is 1. The molecule has 1 amide bonds. The normalized spacial score (nSPS) is 11.0. The molecule has 0 aromatic heterocycles. The Kier molecular flexibility index (Phi) is 9.31. The van der Waals surface area contributed by atoms with Crippen LogP contribution in [-0.2, 0) is 9.53 Å². The van der Waals surface area contributed by atoms with Gasteiger partial charge >= 0.3 is 0 Å². The molecule has 0 atom stereocenters. The van der Waals surface area contributed by atoms with Gasteiger partial charge in [0.05, 0.1) is 6.07 Å². The highest BCUT2D eigenvalue weighted by atomic mass is 16.5. The van der Waals surface area contributed by atoms with Crippen molar-refractivity contribution in [2.24, 2.45) is 5.41 Å². The maximum atomic E-state index is 12.1. The summed E-state index contributed by atoms with van der Waals surface area (Å²) in [6, 6.07) is 2.23. The minimum absolute atomic E-state index is 0.120. The first-order valence-corrected chi connectivity index (χ1v) is 6.94. The van der Waals surface area contributed by atoms with Crippen LogP contribution in [0.2, 0.25) is 0 Å². The van der Waals surface area contributed by atoms with Crippen LogP contribution >= 0.6 is 0 Å². The number of rotatable bonds is 10. The molecule has 1 N–H and O–H groups in total. The quantitative estimate of drug-likeness (QED) is 0.610. The number of nitrogens with one attached hydrogen (secondary N) is 1. The van der Waals surface area contributed by atoms with Crippen molar-refractivity contribution in [1.82, 2.24) is 5.32 Å². The van der Waals surface area contributed by atoms with E-state index in [-0.39, 0.29) is 5.91 Å². The Morgan fingerprint density at radius 3 is 2.33 bits per heavy atom. The molecule has 0 bridgehead atoms. The van der Waals surface area contributed by atoms with Gasteiger partial charge in [0, 0.05) is 19.8 Å². The van der Waals surface area contributed by atoms with Gasteiger partial charge in [0.2, 0.25) is 5.91 Å². The zero-order chi connectivity index (χ0) is 13.9. The SMILES string of the molecule is CCCC(C#N)(CCC)C(=O)NCCCOCC. The Bertz CT molecular complexity index is 265. The fraction of sp³-hybridized carbons (Fsp3) is 0.857. The molecule has 0 heterocycles. The number of nitrogens with zero attached hydrogens (tertiary/aromatic N) is 1. The first-order chi connectivity index (χ1) is 8.66. The van der Waals surface area contributed by atoms with E-state index in [1.54, 1.807) is 0 Å². The lowest BCUT2D eigenvalue weighted by molar-refractivity contribution is -0.128. The molecule has 0 aliphatic rings. The molecule has 0 aromatic rings. The van der Waals surface area contributed by atoms with E-state index < -0.39 is 5.41 Å². The van der Waals surface area contributed by atoms with Crippen LogP contribution in [0, 0.1) is 16.7 Å². The van der Waals surface area contributed by atoms with Crippen LogP contribution in [0.4, 0.5) is 0 Å². The largest absolute Gasteiger partial charge is 0.382 e. The van der Waals surface area contributed by atoms with Crippen molar-refractivity contribution >= 4 is 5.91 Å². The molecule has 0 aromatic carbocycles. The van der Waals surface area contributed by atoms with E-state index in [0.717, 1.165) is 19.3 Å². The number of ether oxygens (including phenoxy) is 1. The molecule has 18 heavy (non-hydrogen) atoms. The third-order valence-corrected chi connectivity index (χ3v) is 2.96. The zero-order valence-electron chi connectivity index (χ0n) is 11.9. The topological polar surface area (TPSA) is 62.1 Å². The summed E-state index contributed by atoms with van der Waals surface area (Å²) in [7, 11) is 0. The number of hydrogen-bond donors (Lipinski definition) is 1. The minimum Gasteiger partial charge on any atom is -0.382 e. The van der Waals surface area contributed by atoms with Crippen molar-refractivity contribution < 1.29 is 9.53 Å². The zero-order valence-corrected chi connectivity index (χ0v) is 11.9. The molecule has 4 heteroatoms. The highest BCUT2D eigenvalue weighted by molar-refractivity contribution is 5.85. The summed E-state index contributed by atoms with van der Waals surface area (Å²) in [5, 5.41) is 12.2. The molecule has 0 spiro atoms. The van der Waals surface area contributed by atoms with Crippen molar-refractivity contribution in [1.29, 1.82) is 5.26 Å². The molecule has 0 radical (unpaired) electrons. The number of nitriles is 1. The first-order valence-electron chi connectivity index (χ1n) is 6.94. The van der Waals surface area contributed by atoms with Gasteiger partial charge in [-0.15, -0.1) is 0 Å². The van der Waals surface area contributed by atoms with Gasteiger partial charge in [0.15, 0.2) is 0 Å². The molecule has 0 aliphatic carbocycles. The van der Waals surface area contributed by atoms with Crippen LogP contribution in [0.1, 0.15) is 52.9 Å². The highest BCUT2D eigenvalue weighted by Crippen LogP contribution is 2.29. The summed E-state index contributed by atoms with van der Waals surface area (Å²) in [6.45, 7) is 7.88. The van der Waals surface area contributed by atoms with Crippen molar-refractivity contribution in [3.05, 3.63) is 0 Å². The fourth-order valence-electron chi connectivity index (χ4n) is 2.06. The highest BCUT2D eigenvalue weighted by Gasteiger charge is 2.36. The Hall–Kier alpha value is -1.08. The van der Waals surface area contributed by atoms with Gasteiger partial charge in [-0.3, -0.25) is 4.79 Å². The summed E-state index contributed by atoms with van der Waals surface area (Å²) in [5.74, 6) is -0.120. The number of carbonyl (C=O) groups excluding carboxylic acids is 1. The van der Waals surface area contributed by atoms with E-state index in [4.69, 9.17) is 4.74 Å². The molecule has 0 saturated carbocycles. The standard InChI is InChI=1S/C14H26N2O2/c1-4-8-14(12-15,9-5-2)13(17)16-10-7-11-18-6-3/h4-11H2,1-3H3,(H,16,17). The molecule has 0 fully saturated rings. The molecule has 0 unspecified atom stereocenters. The summed E-state index contributed by atoms with van der Waals surface area (Å²) < 4.78 is 5.21. The van der Waals surface area contributed by atoms with E-state index in [1.165, 1.54) is 0 Å². The third kappa shape index (κ3) is 5.50. The second kappa shape index (κ2) is 9.90. The van der Waals surface area contributed by atoms with Crippen LogP contribution in [-0.4, -0.2) is 25.7 Å². The molecule has 0 saturated heterocycles. The lowest BCUT2D eigenvalue weighted by atomic mass is 9.80. The van der Waals surface area contributed by atoms with Gasteiger partial charge in [-0.25, -0.2) is 0 Å². The van der Waals surface area contributed by atoms with E-state index >= 15 is 0 Å². The van der Waals surface area contributed by atoms with Gasteiger partial charge in [-0.2, -0.15) is 5.26 Å². The average Bonchev–Trinajstić information content (AvgIpc) is 2.37.